The number of hydrogen-bond acceptors (Lipinski definition) is 3. The Morgan fingerprint density at radius 2 is 1.61 bits per heavy atom. The highest BCUT2D eigenvalue weighted by Crippen LogP contribution is 2.30. The summed E-state index contributed by atoms with van der Waals surface area (Å²) in [6.45, 7) is 20.9. The molecule has 0 aliphatic carbocycles. The molecular formula is C15H32N2O. The zero-order valence-electron chi connectivity index (χ0n) is 13.4. The van der Waals surface area contributed by atoms with Crippen LogP contribution >= 0.6 is 0 Å². The van der Waals surface area contributed by atoms with Gasteiger partial charge in [0.25, 0.3) is 0 Å². The van der Waals surface area contributed by atoms with Gasteiger partial charge in [-0.3, -0.25) is 4.90 Å². The van der Waals surface area contributed by atoms with Gasteiger partial charge in [0.05, 0.1) is 11.2 Å². The van der Waals surface area contributed by atoms with Crippen molar-refractivity contribution in [2.45, 2.75) is 59.7 Å². The molecule has 3 heteroatoms. The Labute approximate surface area is 113 Å². The molecule has 0 unspecified atom stereocenters. The third-order valence-corrected chi connectivity index (χ3v) is 3.27. The minimum Gasteiger partial charge on any atom is -0.367 e. The van der Waals surface area contributed by atoms with Crippen molar-refractivity contribution in [1.82, 2.24) is 10.2 Å². The molecule has 108 valence electrons. The van der Waals surface area contributed by atoms with E-state index in [1.165, 1.54) is 0 Å². The Morgan fingerprint density at radius 3 is 2.06 bits per heavy atom. The first-order chi connectivity index (χ1) is 8.05. The van der Waals surface area contributed by atoms with E-state index >= 15 is 0 Å². The third kappa shape index (κ3) is 5.25. The van der Waals surface area contributed by atoms with Gasteiger partial charge in [0.1, 0.15) is 0 Å². The summed E-state index contributed by atoms with van der Waals surface area (Å²) in [4.78, 5) is 2.56. The van der Waals surface area contributed by atoms with Gasteiger partial charge < -0.3 is 10.1 Å². The highest BCUT2D eigenvalue weighted by Gasteiger charge is 2.39. The van der Waals surface area contributed by atoms with E-state index in [0.717, 1.165) is 32.7 Å². The number of hydrogen-bond donors (Lipinski definition) is 1. The monoisotopic (exact) mass is 256 g/mol. The van der Waals surface area contributed by atoms with Crippen molar-refractivity contribution in [2.75, 3.05) is 32.7 Å². The van der Waals surface area contributed by atoms with Crippen LogP contribution < -0.4 is 5.32 Å². The smallest absolute Gasteiger partial charge is 0.0760 e. The molecule has 1 N–H and O–H groups in total. The Morgan fingerprint density at radius 1 is 1.11 bits per heavy atom. The first-order valence-electron chi connectivity index (χ1n) is 7.19. The molecule has 1 aliphatic heterocycles. The normalized spacial score (nSPS) is 24.2. The molecule has 3 nitrogen and oxygen atoms in total. The quantitative estimate of drug-likeness (QED) is 0.818. The molecule has 18 heavy (non-hydrogen) atoms. The predicted octanol–water partition coefficient (Wildman–Crippen LogP) is 2.51. The molecule has 0 saturated carbocycles. The van der Waals surface area contributed by atoms with Crippen LogP contribution in [0.5, 0.6) is 0 Å². The van der Waals surface area contributed by atoms with E-state index in [2.05, 4.69) is 58.7 Å². The maximum Gasteiger partial charge on any atom is 0.0760 e. The van der Waals surface area contributed by atoms with Crippen molar-refractivity contribution in [3.8, 4) is 0 Å². The zero-order chi connectivity index (χ0) is 14.0. The van der Waals surface area contributed by atoms with Crippen LogP contribution in [0.25, 0.3) is 0 Å². The van der Waals surface area contributed by atoms with E-state index in [1.54, 1.807) is 0 Å². The maximum absolute atomic E-state index is 6.13. The van der Waals surface area contributed by atoms with E-state index in [9.17, 15) is 0 Å². The van der Waals surface area contributed by atoms with Gasteiger partial charge in [-0.15, -0.1) is 0 Å². The average molecular weight is 256 g/mol. The number of morpholine rings is 1. The topological polar surface area (TPSA) is 24.5 Å². The lowest BCUT2D eigenvalue weighted by molar-refractivity contribution is -0.184. The van der Waals surface area contributed by atoms with Crippen LogP contribution in [0.2, 0.25) is 0 Å². The second-order valence-corrected chi connectivity index (χ2v) is 7.71. The molecule has 0 atom stereocenters. The van der Waals surface area contributed by atoms with Gasteiger partial charge in [-0.25, -0.2) is 0 Å². The largest absolute Gasteiger partial charge is 0.367 e. The molecule has 0 amide bonds. The molecule has 1 fully saturated rings. The van der Waals surface area contributed by atoms with Gasteiger partial charge in [-0.05, 0) is 39.7 Å². The summed E-state index contributed by atoms with van der Waals surface area (Å²) >= 11 is 0. The Bertz CT molecular complexity index is 256. The van der Waals surface area contributed by atoms with Crippen LogP contribution in [-0.4, -0.2) is 48.8 Å². The van der Waals surface area contributed by atoms with Gasteiger partial charge >= 0.3 is 0 Å². The number of rotatable bonds is 5. The molecular weight excluding hydrogens is 224 g/mol. The van der Waals surface area contributed by atoms with Crippen molar-refractivity contribution in [3.63, 3.8) is 0 Å². The second-order valence-electron chi connectivity index (χ2n) is 7.71. The third-order valence-electron chi connectivity index (χ3n) is 3.27. The first-order valence-corrected chi connectivity index (χ1v) is 7.19. The lowest BCUT2D eigenvalue weighted by atomic mass is 9.90. The molecule has 1 heterocycles. The predicted molar refractivity (Wildman–Crippen MR) is 78.0 cm³/mol. The average Bonchev–Trinajstić information content (AvgIpc) is 2.08. The summed E-state index contributed by atoms with van der Waals surface area (Å²) in [6.07, 6.45) is 0. The van der Waals surface area contributed by atoms with Gasteiger partial charge in [0.2, 0.25) is 0 Å². The number of ether oxygens (including phenoxy) is 1. The highest BCUT2D eigenvalue weighted by atomic mass is 16.5. The number of nitrogens with one attached hydrogen (secondary N) is 1. The van der Waals surface area contributed by atoms with Crippen LogP contribution in [0.3, 0.4) is 0 Å². The maximum atomic E-state index is 6.13. The van der Waals surface area contributed by atoms with Gasteiger partial charge in [-0.2, -0.15) is 0 Å². The molecule has 0 spiro atoms. The van der Waals surface area contributed by atoms with Gasteiger partial charge in [-0.1, -0.05) is 20.8 Å². The van der Waals surface area contributed by atoms with E-state index in [1.807, 2.05) is 0 Å². The summed E-state index contributed by atoms with van der Waals surface area (Å²) in [5, 5.41) is 3.46. The molecule has 1 aliphatic rings. The van der Waals surface area contributed by atoms with Gasteiger partial charge in [0.15, 0.2) is 0 Å². The standard InChI is InChI=1S/C15H32N2O/c1-8-16-9-13(2,3)10-17-11-14(4,5)18-15(6,7)12-17/h16H,8-12H2,1-7H3. The van der Waals surface area contributed by atoms with Crippen LogP contribution in [0.4, 0.5) is 0 Å². The Kier molecular flexibility index (Phi) is 4.85. The van der Waals surface area contributed by atoms with Crippen molar-refractivity contribution >= 4 is 0 Å². The molecule has 1 saturated heterocycles. The van der Waals surface area contributed by atoms with Crippen molar-refractivity contribution in [1.29, 1.82) is 0 Å². The Hall–Kier alpha value is -0.120. The van der Waals surface area contributed by atoms with Crippen molar-refractivity contribution in [3.05, 3.63) is 0 Å². The minimum atomic E-state index is -0.0456. The summed E-state index contributed by atoms with van der Waals surface area (Å²) in [6, 6.07) is 0. The van der Waals surface area contributed by atoms with Crippen LogP contribution in [-0.2, 0) is 4.74 Å². The van der Waals surface area contributed by atoms with Crippen molar-refractivity contribution in [2.24, 2.45) is 5.41 Å². The molecule has 0 aromatic rings. The van der Waals surface area contributed by atoms with Crippen molar-refractivity contribution < 1.29 is 4.74 Å². The van der Waals surface area contributed by atoms with E-state index in [4.69, 9.17) is 4.74 Å². The van der Waals surface area contributed by atoms with Crippen LogP contribution in [0.15, 0.2) is 0 Å². The fraction of sp³-hybridized carbons (Fsp3) is 1.00. The van der Waals surface area contributed by atoms with Crippen LogP contribution in [0, 0.1) is 5.41 Å². The Balaban J connectivity index is 2.61. The zero-order valence-corrected chi connectivity index (χ0v) is 13.4. The fourth-order valence-electron chi connectivity index (χ4n) is 3.18. The SMILES string of the molecule is CCNCC(C)(C)CN1CC(C)(C)OC(C)(C)C1. The fourth-order valence-corrected chi connectivity index (χ4v) is 3.18. The van der Waals surface area contributed by atoms with E-state index in [-0.39, 0.29) is 11.2 Å². The van der Waals surface area contributed by atoms with E-state index in [0.29, 0.717) is 5.41 Å². The highest BCUT2D eigenvalue weighted by molar-refractivity contribution is 4.91. The summed E-state index contributed by atoms with van der Waals surface area (Å²) < 4.78 is 6.13. The second kappa shape index (κ2) is 5.48. The first kappa shape index (κ1) is 15.9. The summed E-state index contributed by atoms with van der Waals surface area (Å²) in [5.41, 5.74) is 0.214. The van der Waals surface area contributed by atoms with Crippen LogP contribution in [0.1, 0.15) is 48.5 Å². The lowest BCUT2D eigenvalue weighted by Crippen LogP contribution is -2.59. The minimum absolute atomic E-state index is 0.0456. The number of nitrogens with zero attached hydrogens (tertiary/aromatic N) is 1. The van der Waals surface area contributed by atoms with E-state index < -0.39 is 0 Å². The van der Waals surface area contributed by atoms with Gasteiger partial charge in [0, 0.05) is 26.2 Å². The molecule has 0 bridgehead atoms. The molecule has 0 aromatic carbocycles. The molecule has 0 aromatic heterocycles. The summed E-state index contributed by atoms with van der Waals surface area (Å²) in [7, 11) is 0. The molecule has 1 rings (SSSR count). The molecule has 0 radical (unpaired) electrons. The lowest BCUT2D eigenvalue weighted by Gasteiger charge is -2.49. The summed E-state index contributed by atoms with van der Waals surface area (Å²) in [5.74, 6) is 0.